The predicted octanol–water partition coefficient (Wildman–Crippen LogP) is 2.72. The summed E-state index contributed by atoms with van der Waals surface area (Å²) in [6.45, 7) is 9.89. The number of pyridine rings is 1. The molecule has 0 aliphatic rings. The number of carbonyl (C=O) groups excluding carboxylic acids is 2. The van der Waals surface area contributed by atoms with Crippen molar-refractivity contribution in [3.8, 4) is 0 Å². The van der Waals surface area contributed by atoms with Crippen LogP contribution in [0, 0.1) is 0 Å². The van der Waals surface area contributed by atoms with Crippen molar-refractivity contribution in [3.63, 3.8) is 0 Å². The number of hydrogen-bond donors (Lipinski definition) is 3. The third-order valence-electron chi connectivity index (χ3n) is 3.56. The van der Waals surface area contributed by atoms with Crippen LogP contribution in [0.15, 0.2) is 18.3 Å². The molecule has 158 valence electrons. The van der Waals surface area contributed by atoms with Crippen molar-refractivity contribution < 1.29 is 19.1 Å². The SMILES string of the molecule is CC(C)OCCCNC(=O)N(CCCOC(C)C)c1cc(NC(N)=O)ccn1. The summed E-state index contributed by atoms with van der Waals surface area (Å²) in [4.78, 5) is 29.5. The Balaban J connectivity index is 2.72. The van der Waals surface area contributed by atoms with Gasteiger partial charge in [-0.05, 0) is 46.6 Å². The van der Waals surface area contributed by atoms with Crippen LogP contribution in [0.4, 0.5) is 21.1 Å². The molecule has 28 heavy (non-hydrogen) atoms. The summed E-state index contributed by atoms with van der Waals surface area (Å²) in [5, 5.41) is 5.37. The van der Waals surface area contributed by atoms with Crippen molar-refractivity contribution in [2.45, 2.75) is 52.7 Å². The van der Waals surface area contributed by atoms with Gasteiger partial charge in [0.2, 0.25) is 0 Å². The molecule has 0 radical (unpaired) electrons. The van der Waals surface area contributed by atoms with E-state index in [4.69, 9.17) is 15.2 Å². The summed E-state index contributed by atoms with van der Waals surface area (Å²) in [5.41, 5.74) is 5.63. The number of urea groups is 2. The lowest BCUT2D eigenvalue weighted by atomic mass is 10.3. The van der Waals surface area contributed by atoms with E-state index in [2.05, 4.69) is 15.6 Å². The quantitative estimate of drug-likeness (QED) is 0.470. The van der Waals surface area contributed by atoms with Crippen molar-refractivity contribution in [1.29, 1.82) is 0 Å². The molecule has 1 aromatic heterocycles. The molecule has 0 aliphatic carbocycles. The Labute approximate surface area is 167 Å². The molecular formula is C19H33N5O4. The normalized spacial score (nSPS) is 10.9. The molecule has 9 heteroatoms. The third kappa shape index (κ3) is 10.1. The first-order chi connectivity index (χ1) is 13.3. The molecule has 9 nitrogen and oxygen atoms in total. The van der Waals surface area contributed by atoms with E-state index in [-0.39, 0.29) is 18.2 Å². The molecule has 0 saturated carbocycles. The number of anilines is 2. The zero-order valence-electron chi connectivity index (χ0n) is 17.2. The first kappa shape index (κ1) is 23.6. The van der Waals surface area contributed by atoms with Gasteiger partial charge in [-0.25, -0.2) is 14.6 Å². The monoisotopic (exact) mass is 395 g/mol. The van der Waals surface area contributed by atoms with E-state index in [0.717, 1.165) is 0 Å². The van der Waals surface area contributed by atoms with E-state index in [1.165, 1.54) is 11.1 Å². The average molecular weight is 396 g/mol. The van der Waals surface area contributed by atoms with Crippen LogP contribution in [0.25, 0.3) is 0 Å². The van der Waals surface area contributed by atoms with Gasteiger partial charge in [-0.3, -0.25) is 4.90 Å². The molecule has 1 aromatic rings. The van der Waals surface area contributed by atoms with E-state index < -0.39 is 6.03 Å². The van der Waals surface area contributed by atoms with E-state index in [9.17, 15) is 9.59 Å². The Bertz CT molecular complexity index is 610. The van der Waals surface area contributed by atoms with Gasteiger partial charge in [-0.15, -0.1) is 0 Å². The summed E-state index contributed by atoms with van der Waals surface area (Å²) in [6.07, 6.45) is 3.17. The Hall–Kier alpha value is -2.39. The highest BCUT2D eigenvalue weighted by Crippen LogP contribution is 2.17. The number of amides is 4. The van der Waals surface area contributed by atoms with E-state index in [0.29, 0.717) is 50.7 Å². The lowest BCUT2D eigenvalue weighted by Gasteiger charge is -2.23. The first-order valence-electron chi connectivity index (χ1n) is 9.60. The number of primary amides is 1. The molecule has 0 bridgehead atoms. The van der Waals surface area contributed by atoms with Gasteiger partial charge in [0.05, 0.1) is 12.2 Å². The van der Waals surface area contributed by atoms with E-state index >= 15 is 0 Å². The van der Waals surface area contributed by atoms with Crippen molar-refractivity contribution in [3.05, 3.63) is 18.3 Å². The molecule has 0 saturated heterocycles. The summed E-state index contributed by atoms with van der Waals surface area (Å²) in [5.74, 6) is 0.423. The zero-order chi connectivity index (χ0) is 20.9. The fourth-order valence-electron chi connectivity index (χ4n) is 2.33. The Morgan fingerprint density at radius 1 is 1.14 bits per heavy atom. The predicted molar refractivity (Wildman–Crippen MR) is 110 cm³/mol. The Morgan fingerprint density at radius 3 is 2.39 bits per heavy atom. The minimum absolute atomic E-state index is 0.129. The minimum atomic E-state index is -0.677. The fraction of sp³-hybridized carbons (Fsp3) is 0.632. The molecule has 4 amide bonds. The first-order valence-corrected chi connectivity index (χ1v) is 9.60. The van der Waals surface area contributed by atoms with Crippen molar-refractivity contribution in [2.24, 2.45) is 5.73 Å². The van der Waals surface area contributed by atoms with Crippen molar-refractivity contribution >= 4 is 23.6 Å². The van der Waals surface area contributed by atoms with Gasteiger partial charge in [0, 0.05) is 44.3 Å². The number of nitrogens with two attached hydrogens (primary N) is 1. The molecule has 0 atom stereocenters. The van der Waals surface area contributed by atoms with Crippen LogP contribution >= 0.6 is 0 Å². The molecule has 0 aliphatic heterocycles. The molecular weight excluding hydrogens is 362 g/mol. The highest BCUT2D eigenvalue weighted by molar-refractivity contribution is 5.92. The van der Waals surface area contributed by atoms with Crippen LogP contribution in [0.3, 0.4) is 0 Å². The number of aromatic nitrogens is 1. The van der Waals surface area contributed by atoms with Crippen LogP contribution in [0.5, 0.6) is 0 Å². The van der Waals surface area contributed by atoms with Gasteiger partial charge in [0.1, 0.15) is 5.82 Å². The maximum atomic E-state index is 12.7. The number of ether oxygens (including phenoxy) is 2. The number of nitrogens with one attached hydrogen (secondary N) is 2. The molecule has 0 unspecified atom stereocenters. The number of hydrogen-bond acceptors (Lipinski definition) is 5. The number of rotatable bonds is 12. The van der Waals surface area contributed by atoms with E-state index in [1.54, 1.807) is 12.1 Å². The molecule has 1 heterocycles. The Kier molecular flexibility index (Phi) is 10.9. The molecule has 0 spiro atoms. The lowest BCUT2D eigenvalue weighted by molar-refractivity contribution is 0.0773. The fourth-order valence-corrected chi connectivity index (χ4v) is 2.33. The highest BCUT2D eigenvalue weighted by Gasteiger charge is 2.17. The molecule has 1 rings (SSSR count). The molecule has 0 aromatic carbocycles. The van der Waals surface area contributed by atoms with Gasteiger partial charge in [0.15, 0.2) is 0 Å². The van der Waals surface area contributed by atoms with Gasteiger partial charge >= 0.3 is 12.1 Å². The van der Waals surface area contributed by atoms with Crippen LogP contribution in [0.2, 0.25) is 0 Å². The van der Waals surface area contributed by atoms with Gasteiger partial charge < -0.3 is 25.8 Å². The van der Waals surface area contributed by atoms with E-state index in [1.807, 2.05) is 27.7 Å². The minimum Gasteiger partial charge on any atom is -0.379 e. The molecule has 0 fully saturated rings. The molecule has 4 N–H and O–H groups in total. The van der Waals surface area contributed by atoms with Crippen molar-refractivity contribution in [1.82, 2.24) is 10.3 Å². The number of nitrogens with zero attached hydrogens (tertiary/aromatic N) is 2. The summed E-state index contributed by atoms with van der Waals surface area (Å²) < 4.78 is 11.0. The highest BCUT2D eigenvalue weighted by atomic mass is 16.5. The summed E-state index contributed by atoms with van der Waals surface area (Å²) in [6, 6.07) is 2.27. The maximum absolute atomic E-state index is 12.7. The standard InChI is InChI=1S/C19H33N5O4/c1-14(2)27-11-5-8-22-19(26)24(10-6-12-28-15(3)4)17-13-16(7-9-21-17)23-18(20)25/h7,9,13-15H,5-6,8,10-12H2,1-4H3,(H,22,26)(H3,20,21,23,25). The van der Waals surface area contributed by atoms with Crippen LogP contribution in [0.1, 0.15) is 40.5 Å². The van der Waals surface area contributed by atoms with Crippen LogP contribution < -0.4 is 21.3 Å². The van der Waals surface area contributed by atoms with Crippen LogP contribution in [-0.2, 0) is 9.47 Å². The second kappa shape index (κ2) is 12.9. The third-order valence-corrected chi connectivity index (χ3v) is 3.56. The van der Waals surface area contributed by atoms with Gasteiger partial charge in [-0.1, -0.05) is 0 Å². The van der Waals surface area contributed by atoms with Crippen molar-refractivity contribution in [2.75, 3.05) is 36.5 Å². The average Bonchev–Trinajstić information content (AvgIpc) is 2.60. The van der Waals surface area contributed by atoms with Gasteiger partial charge in [0.25, 0.3) is 0 Å². The second-order valence-electron chi connectivity index (χ2n) is 6.82. The topological polar surface area (TPSA) is 119 Å². The van der Waals surface area contributed by atoms with Crippen LogP contribution in [-0.4, -0.2) is 55.6 Å². The van der Waals surface area contributed by atoms with Gasteiger partial charge in [-0.2, -0.15) is 0 Å². The largest absolute Gasteiger partial charge is 0.379 e. The maximum Gasteiger partial charge on any atom is 0.323 e. The summed E-state index contributed by atoms with van der Waals surface area (Å²) in [7, 11) is 0. The Morgan fingerprint density at radius 2 is 1.79 bits per heavy atom. The lowest BCUT2D eigenvalue weighted by Crippen LogP contribution is -2.42. The summed E-state index contributed by atoms with van der Waals surface area (Å²) >= 11 is 0. The smallest absolute Gasteiger partial charge is 0.323 e. The zero-order valence-corrected chi connectivity index (χ0v) is 17.2. The number of carbonyl (C=O) groups is 2. The second-order valence-corrected chi connectivity index (χ2v) is 6.82.